The van der Waals surface area contributed by atoms with Crippen LogP contribution in [-0.2, 0) is 0 Å². The van der Waals surface area contributed by atoms with E-state index in [4.69, 9.17) is 16.3 Å². The molecule has 0 spiro atoms. The highest BCUT2D eigenvalue weighted by Crippen LogP contribution is 2.26. The maximum Gasteiger partial charge on any atom is 0.232 e. The van der Waals surface area contributed by atoms with Crippen LogP contribution in [0.5, 0.6) is 5.88 Å². The molecule has 4 heteroatoms. The number of nitrogens with zero attached hydrogens (tertiary/aromatic N) is 2. The van der Waals surface area contributed by atoms with Crippen LogP contribution in [0.1, 0.15) is 19.3 Å². The van der Waals surface area contributed by atoms with Crippen molar-refractivity contribution in [2.45, 2.75) is 19.3 Å². The predicted octanol–water partition coefficient (Wildman–Crippen LogP) is 2.31. The Hall–Kier alpha value is -0.830. The zero-order valence-electron chi connectivity index (χ0n) is 7.24. The molecule has 0 N–H and O–H groups in total. The van der Waals surface area contributed by atoms with Gasteiger partial charge < -0.3 is 4.74 Å². The Morgan fingerprint density at radius 2 is 2.23 bits per heavy atom. The van der Waals surface area contributed by atoms with Crippen molar-refractivity contribution < 1.29 is 4.74 Å². The molecule has 1 aromatic heterocycles. The fourth-order valence-electron chi connectivity index (χ4n) is 1.24. The summed E-state index contributed by atoms with van der Waals surface area (Å²) in [5, 5.41) is 0.399. The number of aromatic nitrogens is 2. The van der Waals surface area contributed by atoms with Crippen LogP contribution in [0.4, 0.5) is 0 Å². The Morgan fingerprint density at radius 3 is 2.77 bits per heavy atom. The third-order valence-corrected chi connectivity index (χ3v) is 2.48. The van der Waals surface area contributed by atoms with Crippen LogP contribution in [0, 0.1) is 5.92 Å². The van der Waals surface area contributed by atoms with Gasteiger partial charge in [-0.3, -0.25) is 0 Å². The van der Waals surface area contributed by atoms with Crippen molar-refractivity contribution in [3.8, 4) is 5.88 Å². The lowest BCUT2D eigenvalue weighted by Crippen LogP contribution is -2.19. The maximum absolute atomic E-state index is 5.58. The molecule has 1 aliphatic rings. The number of hydrogen-bond acceptors (Lipinski definition) is 3. The van der Waals surface area contributed by atoms with Crippen molar-refractivity contribution in [1.29, 1.82) is 0 Å². The molecule has 1 fully saturated rings. The summed E-state index contributed by atoms with van der Waals surface area (Å²) < 4.78 is 5.43. The molecule has 1 aliphatic carbocycles. The molecule has 0 saturated heterocycles. The zero-order chi connectivity index (χ0) is 9.10. The molecule has 0 atom stereocenters. The van der Waals surface area contributed by atoms with Gasteiger partial charge in [-0.1, -0.05) is 18.0 Å². The molecule has 70 valence electrons. The fraction of sp³-hybridized carbons (Fsp3) is 0.556. The minimum Gasteiger partial charge on any atom is -0.476 e. The van der Waals surface area contributed by atoms with Crippen molar-refractivity contribution in [1.82, 2.24) is 9.97 Å². The van der Waals surface area contributed by atoms with Crippen LogP contribution >= 0.6 is 11.6 Å². The average Bonchev–Trinajstić information content (AvgIpc) is 2.05. The van der Waals surface area contributed by atoms with Crippen LogP contribution in [0.25, 0.3) is 0 Å². The topological polar surface area (TPSA) is 35.0 Å². The molecular weight excluding hydrogens is 188 g/mol. The Morgan fingerprint density at radius 1 is 1.38 bits per heavy atom. The number of rotatable bonds is 3. The van der Waals surface area contributed by atoms with Gasteiger partial charge in [0.05, 0.1) is 19.0 Å². The fourth-order valence-corrected chi connectivity index (χ4v) is 1.34. The van der Waals surface area contributed by atoms with E-state index in [1.807, 2.05) is 0 Å². The first-order valence-corrected chi connectivity index (χ1v) is 4.83. The highest BCUT2D eigenvalue weighted by atomic mass is 35.5. The van der Waals surface area contributed by atoms with E-state index in [1.165, 1.54) is 25.5 Å². The monoisotopic (exact) mass is 198 g/mol. The lowest BCUT2D eigenvalue weighted by Gasteiger charge is -2.24. The SMILES string of the molecule is Clc1cnc(OCC2CCC2)cn1. The van der Waals surface area contributed by atoms with E-state index in [0.717, 1.165) is 12.5 Å². The summed E-state index contributed by atoms with van der Waals surface area (Å²) in [5.74, 6) is 1.29. The van der Waals surface area contributed by atoms with E-state index >= 15 is 0 Å². The van der Waals surface area contributed by atoms with Gasteiger partial charge in [0.25, 0.3) is 0 Å². The van der Waals surface area contributed by atoms with Gasteiger partial charge in [0.2, 0.25) is 5.88 Å². The Balaban J connectivity index is 1.83. The molecular formula is C9H11ClN2O. The van der Waals surface area contributed by atoms with E-state index in [0.29, 0.717) is 11.0 Å². The largest absolute Gasteiger partial charge is 0.476 e. The summed E-state index contributed by atoms with van der Waals surface area (Å²) in [6.45, 7) is 0.760. The molecule has 0 radical (unpaired) electrons. The standard InChI is InChI=1S/C9H11ClN2O/c10-8-4-12-9(5-11-8)13-6-7-2-1-3-7/h4-5,7H,1-3,6H2. The Kier molecular flexibility index (Phi) is 2.64. The molecule has 13 heavy (non-hydrogen) atoms. The van der Waals surface area contributed by atoms with Crippen molar-refractivity contribution in [3.63, 3.8) is 0 Å². The predicted molar refractivity (Wildman–Crippen MR) is 49.9 cm³/mol. The molecule has 0 bridgehead atoms. The van der Waals surface area contributed by atoms with Crippen molar-refractivity contribution in [2.24, 2.45) is 5.92 Å². The summed E-state index contributed by atoms with van der Waals surface area (Å²) in [5.41, 5.74) is 0. The minimum atomic E-state index is 0.399. The summed E-state index contributed by atoms with van der Waals surface area (Å²) in [4.78, 5) is 7.87. The molecule has 3 nitrogen and oxygen atoms in total. The van der Waals surface area contributed by atoms with Gasteiger partial charge in [-0.2, -0.15) is 0 Å². The summed E-state index contributed by atoms with van der Waals surface area (Å²) >= 11 is 5.58. The third-order valence-electron chi connectivity index (χ3n) is 2.29. The van der Waals surface area contributed by atoms with E-state index in [-0.39, 0.29) is 0 Å². The molecule has 1 heterocycles. The first-order valence-electron chi connectivity index (χ1n) is 4.45. The lowest BCUT2D eigenvalue weighted by molar-refractivity contribution is 0.175. The Bertz CT molecular complexity index is 271. The summed E-state index contributed by atoms with van der Waals surface area (Å²) in [6, 6.07) is 0. The van der Waals surface area contributed by atoms with Gasteiger partial charge in [0.1, 0.15) is 5.15 Å². The van der Waals surface area contributed by atoms with E-state index in [1.54, 1.807) is 6.20 Å². The number of ether oxygens (including phenoxy) is 1. The van der Waals surface area contributed by atoms with Crippen molar-refractivity contribution in [2.75, 3.05) is 6.61 Å². The number of hydrogen-bond donors (Lipinski definition) is 0. The summed E-state index contributed by atoms with van der Waals surface area (Å²) in [7, 11) is 0. The van der Waals surface area contributed by atoms with Gasteiger partial charge in [-0.15, -0.1) is 0 Å². The number of halogens is 1. The third kappa shape index (κ3) is 2.31. The second-order valence-electron chi connectivity index (χ2n) is 3.29. The normalized spacial score (nSPS) is 16.7. The van der Waals surface area contributed by atoms with E-state index in [9.17, 15) is 0 Å². The van der Waals surface area contributed by atoms with Gasteiger partial charge in [0, 0.05) is 0 Å². The second kappa shape index (κ2) is 3.92. The van der Waals surface area contributed by atoms with Gasteiger partial charge in [-0.05, 0) is 18.8 Å². The van der Waals surface area contributed by atoms with E-state index in [2.05, 4.69) is 9.97 Å². The van der Waals surface area contributed by atoms with Crippen LogP contribution in [-0.4, -0.2) is 16.6 Å². The molecule has 0 aliphatic heterocycles. The van der Waals surface area contributed by atoms with Crippen molar-refractivity contribution in [3.05, 3.63) is 17.5 Å². The Labute approximate surface area is 82.1 Å². The van der Waals surface area contributed by atoms with Gasteiger partial charge in [0.15, 0.2) is 0 Å². The van der Waals surface area contributed by atoms with Crippen LogP contribution in [0.2, 0.25) is 5.15 Å². The van der Waals surface area contributed by atoms with Crippen molar-refractivity contribution >= 4 is 11.6 Å². The van der Waals surface area contributed by atoms with Gasteiger partial charge >= 0.3 is 0 Å². The molecule has 0 amide bonds. The first-order chi connectivity index (χ1) is 6.34. The molecule has 2 rings (SSSR count). The smallest absolute Gasteiger partial charge is 0.232 e. The highest BCUT2D eigenvalue weighted by Gasteiger charge is 2.17. The van der Waals surface area contributed by atoms with Crippen LogP contribution < -0.4 is 4.74 Å². The zero-order valence-corrected chi connectivity index (χ0v) is 8.00. The molecule has 0 aromatic carbocycles. The van der Waals surface area contributed by atoms with E-state index < -0.39 is 0 Å². The maximum atomic E-state index is 5.58. The minimum absolute atomic E-state index is 0.399. The molecule has 0 unspecified atom stereocenters. The molecule has 1 aromatic rings. The quantitative estimate of drug-likeness (QED) is 0.748. The first kappa shape index (κ1) is 8.75. The lowest BCUT2D eigenvalue weighted by atomic mass is 9.86. The van der Waals surface area contributed by atoms with Gasteiger partial charge in [-0.25, -0.2) is 9.97 Å². The molecule has 1 saturated carbocycles. The second-order valence-corrected chi connectivity index (χ2v) is 3.67. The average molecular weight is 199 g/mol. The summed E-state index contributed by atoms with van der Waals surface area (Å²) in [6.07, 6.45) is 6.95. The highest BCUT2D eigenvalue weighted by molar-refractivity contribution is 6.29. The van der Waals surface area contributed by atoms with Crippen LogP contribution in [0.3, 0.4) is 0 Å². The van der Waals surface area contributed by atoms with Crippen LogP contribution in [0.15, 0.2) is 12.4 Å².